The van der Waals surface area contributed by atoms with Gasteiger partial charge in [-0.2, -0.15) is 0 Å². The first-order valence-electron chi connectivity index (χ1n) is 7.54. The van der Waals surface area contributed by atoms with Crippen molar-refractivity contribution in [3.8, 4) is 11.5 Å². The van der Waals surface area contributed by atoms with Crippen molar-refractivity contribution < 1.29 is 22.7 Å². The van der Waals surface area contributed by atoms with Gasteiger partial charge in [-0.3, -0.25) is 0 Å². The number of oxazole rings is 1. The van der Waals surface area contributed by atoms with Gasteiger partial charge in [0.2, 0.25) is 5.89 Å². The van der Waals surface area contributed by atoms with Crippen LogP contribution in [-0.2, 0) is 15.6 Å². The second-order valence-corrected chi connectivity index (χ2v) is 8.04. The lowest BCUT2D eigenvalue weighted by Gasteiger charge is -2.02. The molecular formula is C18H14ClNO5S. The van der Waals surface area contributed by atoms with E-state index in [-0.39, 0.29) is 22.1 Å². The van der Waals surface area contributed by atoms with Gasteiger partial charge in [0.05, 0.1) is 16.2 Å². The van der Waals surface area contributed by atoms with Gasteiger partial charge in [-0.05, 0) is 55.5 Å². The Labute approximate surface area is 155 Å². The lowest BCUT2D eigenvalue weighted by molar-refractivity contribution is 0.0697. The number of aromatic carboxylic acids is 1. The first kappa shape index (κ1) is 18.2. The SMILES string of the molecule is Cc1oc(-c2ccc(C(=O)O)cc2)nc1CS(=O)(=O)c1ccc(Cl)cc1. The molecule has 6 nitrogen and oxygen atoms in total. The molecule has 0 atom stereocenters. The minimum atomic E-state index is -3.60. The van der Waals surface area contributed by atoms with E-state index in [0.29, 0.717) is 22.0 Å². The largest absolute Gasteiger partial charge is 0.478 e. The molecule has 0 unspecified atom stereocenters. The summed E-state index contributed by atoms with van der Waals surface area (Å²) in [5, 5.41) is 9.39. The number of halogens is 1. The van der Waals surface area contributed by atoms with Gasteiger partial charge in [-0.25, -0.2) is 18.2 Å². The zero-order chi connectivity index (χ0) is 18.9. The summed E-state index contributed by atoms with van der Waals surface area (Å²) in [5.74, 6) is -0.715. The summed E-state index contributed by atoms with van der Waals surface area (Å²) < 4.78 is 30.6. The molecular weight excluding hydrogens is 378 g/mol. The van der Waals surface area contributed by atoms with E-state index in [0.717, 1.165) is 0 Å². The Morgan fingerprint density at radius 1 is 1.12 bits per heavy atom. The van der Waals surface area contributed by atoms with Gasteiger partial charge in [0.25, 0.3) is 0 Å². The summed E-state index contributed by atoms with van der Waals surface area (Å²) in [7, 11) is -3.60. The molecule has 0 saturated heterocycles. The molecule has 0 radical (unpaired) electrons. The minimum absolute atomic E-state index is 0.141. The lowest BCUT2D eigenvalue weighted by Crippen LogP contribution is -2.06. The number of benzene rings is 2. The van der Waals surface area contributed by atoms with Gasteiger partial charge in [0.15, 0.2) is 9.84 Å². The molecule has 1 N–H and O–H groups in total. The van der Waals surface area contributed by atoms with Crippen molar-refractivity contribution in [2.45, 2.75) is 17.6 Å². The third-order valence-electron chi connectivity index (χ3n) is 3.77. The Bertz CT molecular complexity index is 1050. The highest BCUT2D eigenvalue weighted by Crippen LogP contribution is 2.25. The summed E-state index contributed by atoms with van der Waals surface area (Å²) in [5.41, 5.74) is 1.01. The van der Waals surface area contributed by atoms with Crippen molar-refractivity contribution >= 4 is 27.4 Å². The molecule has 1 aromatic heterocycles. The topological polar surface area (TPSA) is 97.5 Å². The van der Waals surface area contributed by atoms with E-state index in [4.69, 9.17) is 21.1 Å². The van der Waals surface area contributed by atoms with Gasteiger partial charge in [0, 0.05) is 10.6 Å². The molecule has 134 valence electrons. The van der Waals surface area contributed by atoms with Crippen LogP contribution in [0.1, 0.15) is 21.8 Å². The van der Waals surface area contributed by atoms with Crippen LogP contribution in [0.5, 0.6) is 0 Å². The van der Waals surface area contributed by atoms with Crippen LogP contribution in [-0.4, -0.2) is 24.5 Å². The molecule has 3 rings (SSSR count). The molecule has 26 heavy (non-hydrogen) atoms. The highest BCUT2D eigenvalue weighted by Gasteiger charge is 2.21. The van der Waals surface area contributed by atoms with Gasteiger partial charge in [-0.1, -0.05) is 11.6 Å². The first-order chi connectivity index (χ1) is 12.3. The first-order valence-corrected chi connectivity index (χ1v) is 9.57. The van der Waals surface area contributed by atoms with E-state index in [9.17, 15) is 13.2 Å². The predicted octanol–water partition coefficient (Wildman–Crippen LogP) is 3.98. The minimum Gasteiger partial charge on any atom is -0.478 e. The number of aryl methyl sites for hydroxylation is 1. The van der Waals surface area contributed by atoms with Crippen LogP contribution in [0.2, 0.25) is 5.02 Å². The normalized spacial score (nSPS) is 11.5. The number of carbonyl (C=O) groups is 1. The van der Waals surface area contributed by atoms with Crippen LogP contribution < -0.4 is 0 Å². The van der Waals surface area contributed by atoms with Crippen molar-refractivity contribution in [2.75, 3.05) is 0 Å². The molecule has 0 aliphatic carbocycles. The molecule has 0 fully saturated rings. The molecule has 1 heterocycles. The molecule has 3 aromatic rings. The van der Waals surface area contributed by atoms with Crippen molar-refractivity contribution in [3.05, 3.63) is 70.6 Å². The Hall–Kier alpha value is -2.64. The molecule has 0 saturated carbocycles. The van der Waals surface area contributed by atoms with Crippen molar-refractivity contribution in [3.63, 3.8) is 0 Å². The molecule has 0 spiro atoms. The fourth-order valence-electron chi connectivity index (χ4n) is 2.35. The number of aromatic nitrogens is 1. The Morgan fingerprint density at radius 2 is 1.73 bits per heavy atom. The lowest BCUT2D eigenvalue weighted by atomic mass is 10.1. The highest BCUT2D eigenvalue weighted by atomic mass is 35.5. The molecule has 2 aromatic carbocycles. The molecule has 0 aliphatic rings. The van der Waals surface area contributed by atoms with Crippen LogP contribution in [0, 0.1) is 6.92 Å². The van der Waals surface area contributed by atoms with Crippen LogP contribution in [0.15, 0.2) is 57.8 Å². The fourth-order valence-corrected chi connectivity index (χ4v) is 3.82. The number of sulfone groups is 1. The van der Waals surface area contributed by atoms with Crippen molar-refractivity contribution in [1.29, 1.82) is 0 Å². The van der Waals surface area contributed by atoms with Crippen molar-refractivity contribution in [2.24, 2.45) is 0 Å². The van der Waals surface area contributed by atoms with E-state index < -0.39 is 15.8 Å². The average molecular weight is 392 g/mol. The van der Waals surface area contributed by atoms with E-state index in [1.54, 1.807) is 19.1 Å². The second-order valence-electron chi connectivity index (χ2n) is 5.62. The number of hydrogen-bond donors (Lipinski definition) is 1. The predicted molar refractivity (Wildman–Crippen MR) is 96.0 cm³/mol. The number of rotatable bonds is 5. The van der Waals surface area contributed by atoms with E-state index in [2.05, 4.69) is 4.98 Å². The number of nitrogens with zero attached hydrogens (tertiary/aromatic N) is 1. The number of carboxylic acid groups (broad SMARTS) is 1. The third-order valence-corrected chi connectivity index (χ3v) is 5.67. The fraction of sp³-hybridized carbons (Fsp3) is 0.111. The maximum Gasteiger partial charge on any atom is 0.335 e. The summed E-state index contributed by atoms with van der Waals surface area (Å²) in [4.78, 5) is 15.3. The summed E-state index contributed by atoms with van der Waals surface area (Å²) in [6, 6.07) is 11.9. The number of hydrogen-bond acceptors (Lipinski definition) is 5. The molecule has 0 bridgehead atoms. The van der Waals surface area contributed by atoms with Gasteiger partial charge in [0.1, 0.15) is 11.5 Å². The van der Waals surface area contributed by atoms with Crippen LogP contribution in [0.4, 0.5) is 0 Å². The highest BCUT2D eigenvalue weighted by molar-refractivity contribution is 7.90. The van der Waals surface area contributed by atoms with Crippen LogP contribution >= 0.6 is 11.6 Å². The summed E-state index contributed by atoms with van der Waals surface area (Å²) in [6.07, 6.45) is 0. The molecule has 8 heteroatoms. The number of carboxylic acids is 1. The quantitative estimate of drug-likeness (QED) is 0.706. The maximum absolute atomic E-state index is 12.5. The molecule has 0 aliphatic heterocycles. The van der Waals surface area contributed by atoms with Crippen molar-refractivity contribution in [1.82, 2.24) is 4.98 Å². The van der Waals surface area contributed by atoms with E-state index in [1.807, 2.05) is 0 Å². The average Bonchev–Trinajstić information content (AvgIpc) is 2.95. The van der Waals surface area contributed by atoms with Crippen LogP contribution in [0.3, 0.4) is 0 Å². The third kappa shape index (κ3) is 3.79. The zero-order valence-corrected chi connectivity index (χ0v) is 15.2. The molecule has 0 amide bonds. The zero-order valence-electron chi connectivity index (χ0n) is 13.6. The van der Waals surface area contributed by atoms with Gasteiger partial charge < -0.3 is 9.52 Å². The smallest absolute Gasteiger partial charge is 0.335 e. The Morgan fingerprint density at radius 3 is 2.31 bits per heavy atom. The van der Waals surface area contributed by atoms with Crippen LogP contribution in [0.25, 0.3) is 11.5 Å². The Balaban J connectivity index is 1.88. The van der Waals surface area contributed by atoms with E-state index >= 15 is 0 Å². The summed E-state index contributed by atoms with van der Waals surface area (Å²) >= 11 is 5.79. The Kier molecular flexibility index (Phi) is 4.84. The summed E-state index contributed by atoms with van der Waals surface area (Å²) in [6.45, 7) is 1.63. The monoisotopic (exact) mass is 391 g/mol. The van der Waals surface area contributed by atoms with Gasteiger partial charge in [-0.15, -0.1) is 0 Å². The second kappa shape index (κ2) is 6.93. The maximum atomic E-state index is 12.5. The van der Waals surface area contributed by atoms with Gasteiger partial charge >= 0.3 is 5.97 Å². The standard InChI is InChI=1S/C18H14ClNO5S/c1-11-16(10-26(23,24)15-8-6-14(19)7-9-15)20-17(25-11)12-2-4-13(5-3-12)18(21)22/h2-9H,10H2,1H3,(H,21,22). The van der Waals surface area contributed by atoms with E-state index in [1.165, 1.54) is 36.4 Å².